The number of imide groups is 1. The number of amides is 2. The highest BCUT2D eigenvalue weighted by atomic mass is 16.5. The highest BCUT2D eigenvalue weighted by Gasteiger charge is 2.57. The van der Waals surface area contributed by atoms with Crippen LogP contribution >= 0.6 is 0 Å². The maximum absolute atomic E-state index is 14.0. The van der Waals surface area contributed by atoms with Crippen LogP contribution < -0.4 is 10.4 Å². The van der Waals surface area contributed by atoms with E-state index in [2.05, 4.69) is 6.08 Å². The average Bonchev–Trinajstić information content (AvgIpc) is 3.36. The summed E-state index contributed by atoms with van der Waals surface area (Å²) in [7, 11) is -2.93. The Morgan fingerprint density at radius 2 is 1.67 bits per heavy atom. The first kappa shape index (κ1) is 32.1. The zero-order chi connectivity index (χ0) is 33.5. The van der Waals surface area contributed by atoms with Gasteiger partial charge in [-0.15, -0.1) is 0 Å². The van der Waals surface area contributed by atoms with Gasteiger partial charge < -0.3 is 29.9 Å². The van der Waals surface area contributed by atoms with Gasteiger partial charge in [0.1, 0.15) is 5.75 Å². The van der Waals surface area contributed by atoms with Gasteiger partial charge >= 0.3 is 14.2 Å². The molecule has 11 heteroatoms. The molecule has 2 amide bonds. The second-order valence-electron chi connectivity index (χ2n) is 12.7. The second-order valence-corrected chi connectivity index (χ2v) is 12.7. The van der Waals surface area contributed by atoms with Gasteiger partial charge in [-0.3, -0.25) is 14.5 Å². The van der Waals surface area contributed by atoms with Crippen LogP contribution in [0.5, 0.6) is 5.75 Å². The minimum atomic E-state index is -1.76. The first-order valence-electron chi connectivity index (χ1n) is 16.2. The number of aromatic hydroxyl groups is 1. The number of phenolic OH excluding ortho intramolecular Hbond substituents is 1. The van der Waals surface area contributed by atoms with Crippen molar-refractivity contribution in [3.8, 4) is 5.75 Å². The number of anilines is 1. The number of allylic oxidation sites excluding steroid dienone is 1. The summed E-state index contributed by atoms with van der Waals surface area (Å²) in [6.45, 7) is -0.306. The van der Waals surface area contributed by atoms with Crippen LogP contribution in [0.25, 0.3) is 22.4 Å². The predicted octanol–water partition coefficient (Wildman–Crippen LogP) is 3.54. The number of hydrogen-bond acceptors (Lipinski definition) is 8. The van der Waals surface area contributed by atoms with Gasteiger partial charge in [0.2, 0.25) is 11.8 Å². The average molecular weight is 643 g/mol. The number of phenols is 1. The minimum Gasteiger partial charge on any atom is -0.507 e. The minimum absolute atomic E-state index is 0.111. The lowest BCUT2D eigenvalue weighted by Crippen LogP contribution is -2.46. The van der Waals surface area contributed by atoms with Crippen molar-refractivity contribution in [3.05, 3.63) is 113 Å². The molecule has 2 saturated heterocycles. The molecule has 48 heavy (non-hydrogen) atoms. The molecule has 2 aliphatic heterocycles. The molecule has 5 N–H and O–H groups in total. The fourth-order valence-corrected chi connectivity index (χ4v) is 7.85. The van der Waals surface area contributed by atoms with E-state index in [1.165, 1.54) is 12.1 Å². The summed E-state index contributed by atoms with van der Waals surface area (Å²) >= 11 is 0. The van der Waals surface area contributed by atoms with E-state index >= 15 is 0 Å². The summed E-state index contributed by atoms with van der Waals surface area (Å²) in [5, 5.41) is 53.0. The van der Waals surface area contributed by atoms with Crippen molar-refractivity contribution in [2.75, 3.05) is 11.5 Å². The van der Waals surface area contributed by atoms with E-state index in [1.807, 2.05) is 60.7 Å². The van der Waals surface area contributed by atoms with E-state index in [4.69, 9.17) is 4.65 Å². The van der Waals surface area contributed by atoms with Crippen LogP contribution in [0.2, 0.25) is 6.32 Å². The molecule has 1 aliphatic carbocycles. The van der Waals surface area contributed by atoms with Crippen molar-refractivity contribution < 1.29 is 39.5 Å². The maximum atomic E-state index is 14.0. The van der Waals surface area contributed by atoms with Crippen molar-refractivity contribution in [3.63, 3.8) is 0 Å². The third-order valence-electron chi connectivity index (χ3n) is 10.0. The van der Waals surface area contributed by atoms with Crippen LogP contribution in [0.1, 0.15) is 30.4 Å². The summed E-state index contributed by atoms with van der Waals surface area (Å²) in [5.74, 6) is -2.60. The monoisotopic (exact) mass is 643 g/mol. The third-order valence-corrected chi connectivity index (χ3v) is 10.0. The Balaban J connectivity index is 1.22. The molecule has 0 bridgehead atoms. The first-order chi connectivity index (χ1) is 23.2. The lowest BCUT2D eigenvalue weighted by molar-refractivity contribution is -0.122. The topological polar surface area (TPSA) is 148 Å². The van der Waals surface area contributed by atoms with Crippen LogP contribution in [-0.4, -0.2) is 64.0 Å². The van der Waals surface area contributed by atoms with E-state index in [-0.39, 0.29) is 36.2 Å². The Kier molecular flexibility index (Phi) is 8.80. The van der Waals surface area contributed by atoms with Crippen LogP contribution in [0, 0.1) is 17.8 Å². The van der Waals surface area contributed by atoms with Gasteiger partial charge in [0.05, 0.1) is 30.2 Å². The van der Waals surface area contributed by atoms with E-state index in [0.717, 1.165) is 37.9 Å². The van der Waals surface area contributed by atoms with Crippen molar-refractivity contribution in [2.24, 2.45) is 17.8 Å². The van der Waals surface area contributed by atoms with Crippen LogP contribution in [0.15, 0.2) is 102 Å². The highest BCUT2D eigenvalue weighted by molar-refractivity contribution is 6.58. The van der Waals surface area contributed by atoms with Crippen molar-refractivity contribution in [1.29, 1.82) is 0 Å². The largest absolute Gasteiger partial charge is 0.507 e. The molecule has 9 nitrogen and oxygen atoms in total. The number of aliphatic hydroxyl groups is 1. The molecular weight excluding hydrogens is 608 g/mol. The summed E-state index contributed by atoms with van der Waals surface area (Å²) in [5.41, 5.74) is 4.78. The number of rotatable bonds is 8. The number of carbonyl (C=O) groups excluding carboxylic acids is 2. The molecule has 0 radical (unpaired) electrons. The zero-order valence-electron chi connectivity index (χ0n) is 26.1. The molecule has 242 valence electrons. The number of fused-ring (bicyclic) bond motifs is 4. The van der Waals surface area contributed by atoms with Crippen LogP contribution in [0.3, 0.4) is 0 Å². The molecule has 0 saturated carbocycles. The van der Waals surface area contributed by atoms with E-state index in [1.54, 1.807) is 18.2 Å². The molecule has 3 aliphatic rings. The highest BCUT2D eigenvalue weighted by Crippen LogP contribution is 2.51. The van der Waals surface area contributed by atoms with Gasteiger partial charge in [0.25, 0.3) is 0 Å². The van der Waals surface area contributed by atoms with Gasteiger partial charge in [0.15, 0.2) is 0 Å². The molecule has 0 aromatic heterocycles. The molecule has 4 aromatic carbocycles. The SMILES string of the molecule is O=C1[C@@H]2[C@@H](CC(CO)=C3[C@@H](CC/C(=C/c4ccc(O)c5ccccc45)c4ccccc4)OB(O)C[C@@H]32)C(=O)N1c1cccc(B(O)O)c1. The maximum Gasteiger partial charge on any atom is 0.488 e. The summed E-state index contributed by atoms with van der Waals surface area (Å²) < 4.78 is 6.14. The van der Waals surface area contributed by atoms with Crippen molar-refractivity contribution >= 4 is 59.6 Å². The number of hydrogen-bond donors (Lipinski definition) is 5. The smallest absolute Gasteiger partial charge is 0.488 e. The second kappa shape index (κ2) is 13.2. The molecule has 0 spiro atoms. The molecule has 2 fully saturated rings. The Hall–Kier alpha value is -4.51. The number of carbonyl (C=O) groups is 2. The predicted molar refractivity (Wildman–Crippen MR) is 185 cm³/mol. The Morgan fingerprint density at radius 1 is 0.917 bits per heavy atom. The molecule has 2 heterocycles. The molecule has 4 aromatic rings. The fourth-order valence-electron chi connectivity index (χ4n) is 7.85. The lowest BCUT2D eigenvalue weighted by atomic mass is 9.58. The van der Waals surface area contributed by atoms with Gasteiger partial charge in [-0.2, -0.15) is 0 Å². The molecule has 0 unspecified atom stereocenters. The normalized spacial score (nSPS) is 22.7. The number of nitrogens with zero attached hydrogens (tertiary/aromatic N) is 1. The van der Waals surface area contributed by atoms with Crippen molar-refractivity contribution in [2.45, 2.75) is 31.7 Å². The Bertz CT molecular complexity index is 1940. The standard InChI is InChI=1S/C37H35B2NO8/c41-21-25-18-30-35(37(44)40(36(30)43)27-10-6-9-26(19-27)39(46)47)31-20-38(45)48-33(34(25)31)16-14-23(22-7-2-1-3-8-22)17-24-13-15-32(42)29-12-5-4-11-28(24)29/h1-13,15,17,19,30-31,33,35,41-42,45-47H,14,16,18,20-21H2/b23-17-/t30-,31+,33-,35-/m1/s1. The van der Waals surface area contributed by atoms with Gasteiger partial charge in [-0.05, 0) is 88.4 Å². The first-order valence-corrected chi connectivity index (χ1v) is 16.2. The third kappa shape index (κ3) is 5.78. The Morgan fingerprint density at radius 3 is 2.42 bits per heavy atom. The summed E-state index contributed by atoms with van der Waals surface area (Å²) in [6.07, 6.45) is 2.78. The van der Waals surface area contributed by atoms with Crippen molar-refractivity contribution in [1.82, 2.24) is 0 Å². The molecular formula is C37H35B2NO8. The number of benzene rings is 4. The van der Waals surface area contributed by atoms with E-state index in [0.29, 0.717) is 18.4 Å². The van der Waals surface area contributed by atoms with Crippen LogP contribution in [0.4, 0.5) is 5.69 Å². The van der Waals surface area contributed by atoms with E-state index in [9.17, 15) is 34.9 Å². The van der Waals surface area contributed by atoms with Gasteiger partial charge in [-0.25, -0.2) is 0 Å². The van der Waals surface area contributed by atoms with Gasteiger partial charge in [-0.1, -0.05) is 78.9 Å². The number of aliphatic hydroxyl groups excluding tert-OH is 1. The fraction of sp³-hybridized carbons (Fsp3) is 0.243. The molecule has 4 atom stereocenters. The van der Waals surface area contributed by atoms with E-state index < -0.39 is 49.9 Å². The quantitative estimate of drug-likeness (QED) is 0.0849. The Labute approximate surface area is 278 Å². The summed E-state index contributed by atoms with van der Waals surface area (Å²) in [4.78, 5) is 28.9. The lowest BCUT2D eigenvalue weighted by Gasteiger charge is -2.43. The molecule has 7 rings (SSSR count). The summed E-state index contributed by atoms with van der Waals surface area (Å²) in [6, 6.07) is 27.2. The zero-order valence-corrected chi connectivity index (χ0v) is 26.1. The van der Waals surface area contributed by atoms with Crippen LogP contribution in [-0.2, 0) is 14.2 Å². The van der Waals surface area contributed by atoms with Gasteiger partial charge in [0, 0.05) is 5.39 Å².